The maximum atomic E-state index is 9.40. The summed E-state index contributed by atoms with van der Waals surface area (Å²) in [5.41, 5.74) is 7.50. The van der Waals surface area contributed by atoms with Crippen LogP contribution in [-0.2, 0) is 0 Å². The van der Waals surface area contributed by atoms with Crippen molar-refractivity contribution in [2.45, 2.75) is 19.4 Å². The zero-order valence-corrected chi connectivity index (χ0v) is 7.70. The first-order valence-corrected chi connectivity index (χ1v) is 4.31. The van der Waals surface area contributed by atoms with Gasteiger partial charge in [-0.3, -0.25) is 0 Å². The molecule has 0 fully saturated rings. The number of phenols is 1. The molecule has 0 aliphatic heterocycles. The summed E-state index contributed by atoms with van der Waals surface area (Å²) in [7, 11) is 0. The molecule has 1 aromatic carbocycles. The highest BCUT2D eigenvalue weighted by molar-refractivity contribution is 5.39. The van der Waals surface area contributed by atoms with Crippen molar-refractivity contribution in [1.29, 1.82) is 0 Å². The van der Waals surface area contributed by atoms with Gasteiger partial charge in [-0.1, -0.05) is 12.1 Å². The van der Waals surface area contributed by atoms with Gasteiger partial charge in [-0.25, -0.2) is 0 Å². The molecular formula is C10H15NO2. The minimum atomic E-state index is -0.197. The lowest BCUT2D eigenvalue weighted by molar-refractivity contribution is 0.276. The summed E-state index contributed by atoms with van der Waals surface area (Å²) in [5.74, 6) is 0.255. The molecule has 0 aliphatic carbocycles. The molecule has 0 heterocycles. The number of benzene rings is 1. The van der Waals surface area contributed by atoms with Crippen LogP contribution >= 0.6 is 0 Å². The first-order valence-electron chi connectivity index (χ1n) is 4.31. The van der Waals surface area contributed by atoms with Crippen molar-refractivity contribution >= 4 is 0 Å². The third kappa shape index (κ3) is 2.20. The lowest BCUT2D eigenvalue weighted by Crippen LogP contribution is -2.13. The van der Waals surface area contributed by atoms with Gasteiger partial charge in [-0.2, -0.15) is 0 Å². The molecule has 0 aliphatic rings. The van der Waals surface area contributed by atoms with Gasteiger partial charge in [0.25, 0.3) is 0 Å². The summed E-state index contributed by atoms with van der Waals surface area (Å²) >= 11 is 0. The maximum absolute atomic E-state index is 9.40. The quantitative estimate of drug-likeness (QED) is 0.653. The van der Waals surface area contributed by atoms with E-state index in [2.05, 4.69) is 0 Å². The fourth-order valence-electron chi connectivity index (χ4n) is 1.34. The number of phenolic OH excluding ortho intramolecular Hbond substituents is 1. The number of aliphatic hydroxyl groups excluding tert-OH is 1. The molecule has 0 amide bonds. The number of aromatic hydroxyl groups is 1. The van der Waals surface area contributed by atoms with Crippen LogP contribution in [0, 0.1) is 6.92 Å². The molecule has 0 bridgehead atoms. The molecule has 13 heavy (non-hydrogen) atoms. The van der Waals surface area contributed by atoms with Crippen molar-refractivity contribution in [3.63, 3.8) is 0 Å². The van der Waals surface area contributed by atoms with Crippen LogP contribution in [0.15, 0.2) is 18.2 Å². The van der Waals surface area contributed by atoms with Crippen molar-refractivity contribution in [3.8, 4) is 5.75 Å². The summed E-state index contributed by atoms with van der Waals surface area (Å²) in [6, 6.07) is 5.06. The van der Waals surface area contributed by atoms with Crippen molar-refractivity contribution in [2.75, 3.05) is 6.61 Å². The highest BCUT2D eigenvalue weighted by atomic mass is 16.3. The van der Waals surface area contributed by atoms with Crippen LogP contribution in [0.25, 0.3) is 0 Å². The highest BCUT2D eigenvalue weighted by Gasteiger charge is 2.09. The van der Waals surface area contributed by atoms with Crippen LogP contribution in [0.1, 0.15) is 23.6 Å². The second-order valence-electron chi connectivity index (χ2n) is 3.11. The average molecular weight is 181 g/mol. The molecule has 0 aromatic heterocycles. The molecule has 3 nitrogen and oxygen atoms in total. The van der Waals surface area contributed by atoms with E-state index in [1.54, 1.807) is 12.1 Å². The van der Waals surface area contributed by atoms with E-state index in [0.29, 0.717) is 6.42 Å². The Balaban J connectivity index is 2.93. The molecule has 0 radical (unpaired) electrons. The van der Waals surface area contributed by atoms with Gasteiger partial charge in [0, 0.05) is 12.6 Å². The zero-order valence-electron chi connectivity index (χ0n) is 7.70. The van der Waals surface area contributed by atoms with Crippen LogP contribution in [0.2, 0.25) is 0 Å². The smallest absolute Gasteiger partial charge is 0.118 e. The Morgan fingerprint density at radius 2 is 2.15 bits per heavy atom. The Bertz CT molecular complexity index is 286. The first kappa shape index (κ1) is 10.0. The van der Waals surface area contributed by atoms with Crippen molar-refractivity contribution < 1.29 is 10.2 Å². The Labute approximate surface area is 77.8 Å². The largest absolute Gasteiger partial charge is 0.508 e. The number of nitrogens with two attached hydrogens (primary N) is 1. The monoisotopic (exact) mass is 181 g/mol. The van der Waals surface area contributed by atoms with Crippen LogP contribution in [-0.4, -0.2) is 16.8 Å². The van der Waals surface area contributed by atoms with Gasteiger partial charge < -0.3 is 15.9 Å². The third-order valence-electron chi connectivity index (χ3n) is 2.19. The number of hydrogen-bond donors (Lipinski definition) is 3. The number of rotatable bonds is 3. The molecule has 4 N–H and O–H groups in total. The van der Waals surface area contributed by atoms with Gasteiger partial charge in [-0.15, -0.1) is 0 Å². The van der Waals surface area contributed by atoms with Gasteiger partial charge >= 0.3 is 0 Å². The Morgan fingerprint density at radius 3 is 2.77 bits per heavy atom. The SMILES string of the molecule is Cc1c(O)cccc1[C@H](N)CCO. The summed E-state index contributed by atoms with van der Waals surface area (Å²) in [5, 5.41) is 18.1. The van der Waals surface area contributed by atoms with E-state index in [1.807, 2.05) is 13.0 Å². The zero-order chi connectivity index (χ0) is 9.84. The molecule has 0 unspecified atom stereocenters. The van der Waals surface area contributed by atoms with Gasteiger partial charge in [0.2, 0.25) is 0 Å². The number of hydrogen-bond acceptors (Lipinski definition) is 3. The molecule has 0 spiro atoms. The van der Waals surface area contributed by atoms with Crippen molar-refractivity contribution in [3.05, 3.63) is 29.3 Å². The van der Waals surface area contributed by atoms with Gasteiger partial charge in [-0.05, 0) is 30.5 Å². The summed E-state index contributed by atoms with van der Waals surface area (Å²) < 4.78 is 0. The molecule has 3 heteroatoms. The topological polar surface area (TPSA) is 66.5 Å². The van der Waals surface area contributed by atoms with Gasteiger partial charge in [0.15, 0.2) is 0 Å². The molecule has 0 saturated heterocycles. The molecule has 0 saturated carbocycles. The van der Waals surface area contributed by atoms with Crippen LogP contribution < -0.4 is 5.73 Å². The maximum Gasteiger partial charge on any atom is 0.118 e. The predicted octanol–water partition coefficient (Wildman–Crippen LogP) is 1.08. The standard InChI is InChI=1S/C10H15NO2/c1-7-8(9(11)5-6-12)3-2-4-10(7)13/h2-4,9,12-13H,5-6,11H2,1H3/t9-/m1/s1. The minimum Gasteiger partial charge on any atom is -0.508 e. The molecule has 72 valence electrons. The van der Waals surface area contributed by atoms with E-state index in [1.165, 1.54) is 0 Å². The Hall–Kier alpha value is -1.06. The fraction of sp³-hybridized carbons (Fsp3) is 0.400. The van der Waals surface area contributed by atoms with Gasteiger partial charge in [0.05, 0.1) is 0 Å². The predicted molar refractivity (Wildman–Crippen MR) is 51.5 cm³/mol. The van der Waals surface area contributed by atoms with Crippen molar-refractivity contribution in [2.24, 2.45) is 5.73 Å². The van der Waals surface area contributed by atoms with E-state index in [9.17, 15) is 5.11 Å². The van der Waals surface area contributed by atoms with Crippen LogP contribution in [0.4, 0.5) is 0 Å². The third-order valence-corrected chi connectivity index (χ3v) is 2.19. The van der Waals surface area contributed by atoms with E-state index in [-0.39, 0.29) is 18.4 Å². The molecule has 1 atom stereocenters. The van der Waals surface area contributed by atoms with Gasteiger partial charge in [0.1, 0.15) is 5.75 Å². The highest BCUT2D eigenvalue weighted by Crippen LogP contribution is 2.24. The molecule has 1 aromatic rings. The second-order valence-corrected chi connectivity index (χ2v) is 3.11. The Morgan fingerprint density at radius 1 is 1.46 bits per heavy atom. The summed E-state index contributed by atoms with van der Waals surface area (Å²) in [4.78, 5) is 0. The normalized spacial score (nSPS) is 12.8. The van der Waals surface area contributed by atoms with E-state index in [4.69, 9.17) is 10.8 Å². The average Bonchev–Trinajstić information content (AvgIpc) is 2.10. The summed E-state index contributed by atoms with van der Waals surface area (Å²) in [6.45, 7) is 1.89. The van der Waals surface area contributed by atoms with Crippen LogP contribution in [0.5, 0.6) is 5.75 Å². The molecular weight excluding hydrogens is 166 g/mol. The lowest BCUT2D eigenvalue weighted by atomic mass is 9.99. The first-order chi connectivity index (χ1) is 6.16. The Kier molecular flexibility index (Phi) is 3.28. The van der Waals surface area contributed by atoms with E-state index >= 15 is 0 Å². The van der Waals surface area contributed by atoms with E-state index in [0.717, 1.165) is 11.1 Å². The van der Waals surface area contributed by atoms with E-state index < -0.39 is 0 Å². The lowest BCUT2D eigenvalue weighted by Gasteiger charge is -2.13. The molecule has 1 rings (SSSR count). The van der Waals surface area contributed by atoms with Crippen LogP contribution in [0.3, 0.4) is 0 Å². The number of aliphatic hydroxyl groups is 1. The van der Waals surface area contributed by atoms with Crippen molar-refractivity contribution in [1.82, 2.24) is 0 Å². The minimum absolute atomic E-state index is 0.0657. The summed E-state index contributed by atoms with van der Waals surface area (Å²) in [6.07, 6.45) is 0.518. The fourth-order valence-corrected chi connectivity index (χ4v) is 1.34. The second kappa shape index (κ2) is 4.25.